The van der Waals surface area contributed by atoms with Crippen molar-refractivity contribution in [3.8, 4) is 22.5 Å². The molecule has 0 aliphatic carbocycles. The number of likely N-dealkylation sites (tertiary alicyclic amines) is 1. The zero-order valence-electron chi connectivity index (χ0n) is 21.8. The van der Waals surface area contributed by atoms with Gasteiger partial charge in [0.2, 0.25) is 0 Å². The van der Waals surface area contributed by atoms with Gasteiger partial charge in [-0.2, -0.15) is 0 Å². The fourth-order valence-corrected chi connectivity index (χ4v) is 5.81. The number of piperidine rings is 1. The van der Waals surface area contributed by atoms with E-state index in [2.05, 4.69) is 59.2 Å². The lowest BCUT2D eigenvalue weighted by atomic mass is 10.0. The molecule has 1 aliphatic heterocycles. The highest BCUT2D eigenvalue weighted by molar-refractivity contribution is 7.90. The highest BCUT2D eigenvalue weighted by Gasteiger charge is 2.21. The van der Waals surface area contributed by atoms with Gasteiger partial charge in [-0.1, -0.05) is 30.3 Å². The molecule has 0 radical (unpaired) electrons. The number of hydrogen-bond donors (Lipinski definition) is 0. The van der Waals surface area contributed by atoms with Crippen molar-refractivity contribution in [3.63, 3.8) is 0 Å². The highest BCUT2D eigenvalue weighted by Crippen LogP contribution is 2.30. The van der Waals surface area contributed by atoms with Crippen LogP contribution >= 0.6 is 0 Å². The normalized spacial score (nSPS) is 15.6. The Kier molecular flexibility index (Phi) is 6.91. The van der Waals surface area contributed by atoms with E-state index >= 15 is 0 Å². The average molecular weight is 521 g/mol. The molecule has 2 heterocycles. The van der Waals surface area contributed by atoms with Gasteiger partial charge in [-0.25, -0.2) is 17.8 Å². The van der Waals surface area contributed by atoms with Gasteiger partial charge in [0.05, 0.1) is 21.5 Å². The van der Waals surface area contributed by atoms with Gasteiger partial charge in [0.25, 0.3) is 0 Å². The zero-order valence-corrected chi connectivity index (χ0v) is 22.6. The number of sulfone groups is 1. The molecule has 0 saturated carbocycles. The summed E-state index contributed by atoms with van der Waals surface area (Å²) in [6.45, 7) is 3.22. The number of fused-ring (bicyclic) bond motifs is 1. The first-order chi connectivity index (χ1) is 17.6. The van der Waals surface area contributed by atoms with Crippen LogP contribution in [-0.4, -0.2) is 67.3 Å². The van der Waals surface area contributed by atoms with E-state index in [4.69, 9.17) is 0 Å². The van der Waals surface area contributed by atoms with Crippen LogP contribution in [0.4, 0.5) is 4.39 Å². The van der Waals surface area contributed by atoms with Gasteiger partial charge in [0, 0.05) is 25.9 Å². The van der Waals surface area contributed by atoms with Crippen molar-refractivity contribution in [1.82, 2.24) is 19.4 Å². The highest BCUT2D eigenvalue weighted by atomic mass is 32.2. The number of halogens is 1. The molecule has 1 fully saturated rings. The van der Waals surface area contributed by atoms with Crippen molar-refractivity contribution in [1.29, 1.82) is 0 Å². The summed E-state index contributed by atoms with van der Waals surface area (Å²) in [5.74, 6) is -0.152. The van der Waals surface area contributed by atoms with E-state index in [1.807, 2.05) is 23.7 Å². The molecular weight excluding hydrogens is 487 g/mol. The summed E-state index contributed by atoms with van der Waals surface area (Å²) in [5, 5.41) is 0. The summed E-state index contributed by atoms with van der Waals surface area (Å²) in [4.78, 5) is 9.45. The first-order valence-corrected chi connectivity index (χ1v) is 14.4. The third-order valence-electron chi connectivity index (χ3n) is 7.47. The maximum Gasteiger partial charge on any atom is 0.175 e. The van der Waals surface area contributed by atoms with Crippen LogP contribution in [0.1, 0.15) is 18.4 Å². The van der Waals surface area contributed by atoms with Crippen LogP contribution in [0.15, 0.2) is 65.6 Å². The van der Waals surface area contributed by atoms with E-state index in [0.29, 0.717) is 11.9 Å². The van der Waals surface area contributed by atoms with Crippen molar-refractivity contribution in [2.75, 3.05) is 33.4 Å². The van der Waals surface area contributed by atoms with Gasteiger partial charge in [-0.05, 0) is 87.0 Å². The van der Waals surface area contributed by atoms with Gasteiger partial charge < -0.3 is 9.47 Å². The molecule has 3 aromatic carbocycles. The molecule has 4 aromatic rings. The largest absolute Gasteiger partial charge is 0.327 e. The predicted molar refractivity (Wildman–Crippen MR) is 147 cm³/mol. The van der Waals surface area contributed by atoms with E-state index < -0.39 is 15.7 Å². The minimum absolute atomic E-state index is 0.0451. The Morgan fingerprint density at radius 1 is 0.973 bits per heavy atom. The quantitative estimate of drug-likeness (QED) is 0.359. The van der Waals surface area contributed by atoms with E-state index in [0.717, 1.165) is 54.1 Å². The summed E-state index contributed by atoms with van der Waals surface area (Å²) >= 11 is 0. The fraction of sp³-hybridized carbons (Fsp3) is 0.345. The summed E-state index contributed by atoms with van der Waals surface area (Å²) in [6, 6.07) is 19.4. The second kappa shape index (κ2) is 10.0. The van der Waals surface area contributed by atoms with Gasteiger partial charge in [0.15, 0.2) is 9.84 Å². The van der Waals surface area contributed by atoms with Crippen molar-refractivity contribution < 1.29 is 12.8 Å². The lowest BCUT2D eigenvalue weighted by Crippen LogP contribution is -2.41. The van der Waals surface area contributed by atoms with Crippen LogP contribution in [0.3, 0.4) is 0 Å². The topological polar surface area (TPSA) is 58.4 Å². The van der Waals surface area contributed by atoms with Gasteiger partial charge >= 0.3 is 0 Å². The smallest absolute Gasteiger partial charge is 0.175 e. The summed E-state index contributed by atoms with van der Waals surface area (Å²) in [5.41, 5.74) is 5.39. The molecule has 5 rings (SSSR count). The fourth-order valence-electron chi connectivity index (χ4n) is 5.17. The molecule has 0 amide bonds. The minimum Gasteiger partial charge on any atom is -0.327 e. The molecule has 0 N–H and O–H groups in total. The third kappa shape index (κ3) is 5.32. The van der Waals surface area contributed by atoms with Crippen molar-refractivity contribution in [3.05, 3.63) is 72.0 Å². The summed E-state index contributed by atoms with van der Waals surface area (Å²) in [6.07, 6.45) is 3.49. The Bertz CT molecular complexity index is 1540. The Hall–Kier alpha value is -3.07. The molecule has 194 valence electrons. The van der Waals surface area contributed by atoms with Gasteiger partial charge in [-0.3, -0.25) is 4.90 Å². The lowest BCUT2D eigenvalue weighted by Gasteiger charge is -2.35. The maximum atomic E-state index is 14.9. The number of aryl methyl sites for hydroxylation is 1. The Morgan fingerprint density at radius 3 is 2.27 bits per heavy atom. The first-order valence-electron chi connectivity index (χ1n) is 12.5. The minimum atomic E-state index is -3.48. The SMILES string of the molecule is CN(C)C1CCN(Cc2ccc(-c3ccc4nc(-c5ccc(S(C)(=O)=O)cc5F)n(C)c4c3)cc2)CC1. The molecule has 0 bridgehead atoms. The molecule has 37 heavy (non-hydrogen) atoms. The van der Waals surface area contributed by atoms with Crippen LogP contribution in [0, 0.1) is 5.82 Å². The van der Waals surface area contributed by atoms with Crippen LogP contribution in [0.5, 0.6) is 0 Å². The Morgan fingerprint density at radius 2 is 1.65 bits per heavy atom. The second-order valence-corrected chi connectivity index (χ2v) is 12.3. The Balaban J connectivity index is 1.36. The number of rotatable bonds is 6. The number of imidazole rings is 1. The molecule has 1 aliphatic rings. The zero-order chi connectivity index (χ0) is 26.3. The van der Waals surface area contributed by atoms with Crippen LogP contribution in [-0.2, 0) is 23.4 Å². The number of nitrogens with zero attached hydrogens (tertiary/aromatic N) is 4. The van der Waals surface area contributed by atoms with Gasteiger partial charge in [0.1, 0.15) is 11.6 Å². The lowest BCUT2D eigenvalue weighted by molar-refractivity contribution is 0.140. The summed E-state index contributed by atoms with van der Waals surface area (Å²) in [7, 11) is 2.70. The summed E-state index contributed by atoms with van der Waals surface area (Å²) < 4.78 is 40.3. The number of aromatic nitrogens is 2. The predicted octanol–water partition coefficient (Wildman–Crippen LogP) is 4.98. The van der Waals surface area contributed by atoms with Crippen LogP contribution in [0.25, 0.3) is 33.5 Å². The molecule has 0 unspecified atom stereocenters. The monoisotopic (exact) mass is 520 g/mol. The molecular formula is C29H33FN4O2S. The number of hydrogen-bond acceptors (Lipinski definition) is 5. The van der Waals surface area contributed by atoms with E-state index in [1.165, 1.54) is 30.5 Å². The van der Waals surface area contributed by atoms with E-state index in [-0.39, 0.29) is 10.5 Å². The molecule has 0 atom stereocenters. The van der Waals surface area contributed by atoms with Crippen LogP contribution in [0.2, 0.25) is 0 Å². The molecule has 6 nitrogen and oxygen atoms in total. The maximum absolute atomic E-state index is 14.9. The second-order valence-electron chi connectivity index (χ2n) is 10.3. The van der Waals surface area contributed by atoms with Crippen molar-refractivity contribution >= 4 is 20.9 Å². The standard InChI is InChI=1S/C29H33FN4O2S/c1-32(2)23-13-15-34(16-14-23)19-20-5-7-21(8-6-20)22-9-12-27-28(17-22)33(3)29(31-27)25-11-10-24(18-26(25)30)37(4,35)36/h5-12,17-18,23H,13-16,19H2,1-4H3. The first kappa shape index (κ1) is 25.6. The van der Waals surface area contributed by atoms with Crippen molar-refractivity contribution in [2.45, 2.75) is 30.3 Å². The van der Waals surface area contributed by atoms with Gasteiger partial charge in [-0.15, -0.1) is 0 Å². The third-order valence-corrected chi connectivity index (χ3v) is 8.58. The molecule has 8 heteroatoms. The van der Waals surface area contributed by atoms with Crippen LogP contribution < -0.4 is 0 Å². The molecule has 1 aromatic heterocycles. The number of benzene rings is 3. The Labute approximate surface area is 218 Å². The average Bonchev–Trinajstić information content (AvgIpc) is 3.19. The van der Waals surface area contributed by atoms with E-state index in [1.54, 1.807) is 0 Å². The van der Waals surface area contributed by atoms with E-state index in [9.17, 15) is 12.8 Å². The molecule has 1 saturated heterocycles. The van der Waals surface area contributed by atoms with Crippen molar-refractivity contribution in [2.24, 2.45) is 7.05 Å². The molecule has 0 spiro atoms.